The van der Waals surface area contributed by atoms with E-state index in [0.717, 1.165) is 22.5 Å². The van der Waals surface area contributed by atoms with E-state index in [0.29, 0.717) is 49.6 Å². The van der Waals surface area contributed by atoms with Crippen LogP contribution in [-0.2, 0) is 0 Å². The highest BCUT2D eigenvalue weighted by atomic mass is 16.3. The largest absolute Gasteiger partial charge is 0.456 e. The molecule has 0 saturated carbocycles. The first kappa shape index (κ1) is 23.0. The third-order valence-corrected chi connectivity index (χ3v) is 7.33. The minimum atomic E-state index is -0.188. The molecule has 7 rings (SSSR count). The van der Waals surface area contributed by atoms with E-state index in [2.05, 4.69) is 43.0 Å². The zero-order valence-corrected chi connectivity index (χ0v) is 21.4. The molecule has 0 aliphatic heterocycles. The van der Waals surface area contributed by atoms with E-state index < -0.39 is 0 Å². The van der Waals surface area contributed by atoms with E-state index in [1.54, 1.807) is 36.4 Å². The molecule has 0 atom stereocenters. The first-order chi connectivity index (χ1) is 19.0. The predicted octanol–water partition coefficient (Wildman–Crippen LogP) is 8.29. The van der Waals surface area contributed by atoms with Crippen molar-refractivity contribution in [2.75, 3.05) is 4.90 Å². The zero-order valence-electron chi connectivity index (χ0n) is 21.4. The van der Waals surface area contributed by atoms with Crippen LogP contribution < -0.4 is 15.8 Å². The minimum absolute atomic E-state index is 0.157. The molecule has 7 aromatic rings. The van der Waals surface area contributed by atoms with Crippen LogP contribution in [0.25, 0.3) is 43.9 Å². The van der Waals surface area contributed by atoms with Crippen LogP contribution in [0.5, 0.6) is 0 Å². The molecule has 0 aliphatic rings. The first-order valence-electron chi connectivity index (χ1n) is 12.8. The lowest BCUT2D eigenvalue weighted by Gasteiger charge is -2.29. The van der Waals surface area contributed by atoms with E-state index >= 15 is 0 Å². The van der Waals surface area contributed by atoms with Crippen LogP contribution in [0.2, 0.25) is 0 Å². The van der Waals surface area contributed by atoms with E-state index in [-0.39, 0.29) is 10.9 Å². The molecule has 5 aromatic carbocycles. The highest BCUT2D eigenvalue weighted by Crippen LogP contribution is 2.41. The van der Waals surface area contributed by atoms with Gasteiger partial charge in [-0.15, -0.1) is 0 Å². The number of anilines is 3. The highest BCUT2D eigenvalue weighted by molar-refractivity contribution is 6.04. The van der Waals surface area contributed by atoms with Crippen LogP contribution >= 0.6 is 0 Å². The fraction of sp³-hybridized carbons (Fsp3) is 0.0588. The summed E-state index contributed by atoms with van der Waals surface area (Å²) in [7, 11) is 0. The van der Waals surface area contributed by atoms with Crippen LogP contribution in [0, 0.1) is 13.8 Å². The SMILES string of the molecule is Cc1ccccc1N(c1ccccc1C)c1cccc2oc3cc4c(=O)c5ccccc5oc4cc3c(=O)c12. The molecule has 5 nitrogen and oxygen atoms in total. The molecule has 0 unspecified atom stereocenters. The van der Waals surface area contributed by atoms with Crippen molar-refractivity contribution >= 4 is 60.9 Å². The van der Waals surface area contributed by atoms with Crippen LogP contribution in [-0.4, -0.2) is 0 Å². The van der Waals surface area contributed by atoms with Gasteiger partial charge in [0.15, 0.2) is 0 Å². The Bertz CT molecular complexity index is 2160. The van der Waals surface area contributed by atoms with Crippen LogP contribution in [0.3, 0.4) is 0 Å². The van der Waals surface area contributed by atoms with Crippen molar-refractivity contribution in [1.29, 1.82) is 0 Å². The summed E-state index contributed by atoms with van der Waals surface area (Å²) >= 11 is 0. The van der Waals surface area contributed by atoms with Crippen molar-refractivity contribution in [2.24, 2.45) is 0 Å². The van der Waals surface area contributed by atoms with Crippen molar-refractivity contribution in [3.8, 4) is 0 Å². The van der Waals surface area contributed by atoms with Gasteiger partial charge in [-0.2, -0.15) is 0 Å². The number of hydrogen-bond donors (Lipinski definition) is 0. The van der Waals surface area contributed by atoms with Gasteiger partial charge in [0.2, 0.25) is 10.9 Å². The quantitative estimate of drug-likeness (QED) is 0.224. The number of benzene rings is 5. The second kappa shape index (κ2) is 8.71. The van der Waals surface area contributed by atoms with E-state index in [9.17, 15) is 9.59 Å². The maximum atomic E-state index is 14.2. The van der Waals surface area contributed by atoms with Gasteiger partial charge in [0, 0.05) is 11.4 Å². The normalized spacial score (nSPS) is 11.5. The Hall–Kier alpha value is -5.16. The van der Waals surface area contributed by atoms with Gasteiger partial charge in [-0.25, -0.2) is 0 Å². The van der Waals surface area contributed by atoms with Crippen molar-refractivity contribution in [3.05, 3.63) is 135 Å². The lowest BCUT2D eigenvalue weighted by Crippen LogP contribution is -2.16. The molecule has 0 spiro atoms. The van der Waals surface area contributed by atoms with Crippen LogP contribution in [0.4, 0.5) is 17.1 Å². The molecule has 0 bridgehead atoms. The molecule has 0 amide bonds. The van der Waals surface area contributed by atoms with Gasteiger partial charge >= 0.3 is 0 Å². The monoisotopic (exact) mass is 509 g/mol. The summed E-state index contributed by atoms with van der Waals surface area (Å²) in [5.74, 6) is 0. The lowest BCUT2D eigenvalue weighted by atomic mass is 10.0. The molecule has 0 saturated heterocycles. The standard InChI is InChI=1S/C34H23NO4/c1-20-10-3-6-13-25(20)35(26-14-7-4-11-21(26)2)27-15-9-17-29-32(27)34(37)24-19-30-23(18-31(24)39-29)33(36)22-12-5-8-16-28(22)38-30/h3-19H,1-2H3. The molecule has 2 heterocycles. The van der Waals surface area contributed by atoms with Gasteiger partial charge in [-0.1, -0.05) is 54.6 Å². The smallest absolute Gasteiger partial charge is 0.202 e. The van der Waals surface area contributed by atoms with Gasteiger partial charge < -0.3 is 13.7 Å². The maximum Gasteiger partial charge on any atom is 0.202 e. The summed E-state index contributed by atoms with van der Waals surface area (Å²) in [6.45, 7) is 4.12. The van der Waals surface area contributed by atoms with Gasteiger partial charge in [0.25, 0.3) is 0 Å². The molecule has 0 fully saturated rings. The molecule has 5 heteroatoms. The van der Waals surface area contributed by atoms with Crippen molar-refractivity contribution in [1.82, 2.24) is 0 Å². The maximum absolute atomic E-state index is 14.2. The van der Waals surface area contributed by atoms with Crippen molar-refractivity contribution in [2.45, 2.75) is 13.8 Å². The Labute approximate surface area is 223 Å². The lowest BCUT2D eigenvalue weighted by molar-refractivity contribution is 0.652. The fourth-order valence-corrected chi connectivity index (χ4v) is 5.38. The first-order valence-corrected chi connectivity index (χ1v) is 12.8. The summed E-state index contributed by atoms with van der Waals surface area (Å²) in [6.07, 6.45) is 0. The molecule has 2 aromatic heterocycles. The van der Waals surface area contributed by atoms with Gasteiger partial charge in [0.1, 0.15) is 22.3 Å². The fourth-order valence-electron chi connectivity index (χ4n) is 5.38. The summed E-state index contributed by atoms with van der Waals surface area (Å²) in [5, 5.41) is 1.68. The highest BCUT2D eigenvalue weighted by Gasteiger charge is 2.22. The zero-order chi connectivity index (χ0) is 26.7. The summed E-state index contributed by atoms with van der Waals surface area (Å²) in [4.78, 5) is 29.6. The molecule has 188 valence electrons. The Balaban J connectivity index is 1.58. The molecular weight excluding hydrogens is 486 g/mol. The van der Waals surface area contributed by atoms with Gasteiger partial charge in [0.05, 0.1) is 27.2 Å². The number of para-hydroxylation sites is 3. The van der Waals surface area contributed by atoms with Gasteiger partial charge in [-0.05, 0) is 73.5 Å². The third-order valence-electron chi connectivity index (χ3n) is 7.33. The summed E-state index contributed by atoms with van der Waals surface area (Å²) in [5.41, 5.74) is 6.07. The van der Waals surface area contributed by atoms with Crippen LogP contribution in [0.1, 0.15) is 11.1 Å². The minimum Gasteiger partial charge on any atom is -0.456 e. The average Bonchev–Trinajstić information content (AvgIpc) is 2.95. The molecule has 39 heavy (non-hydrogen) atoms. The summed E-state index contributed by atoms with van der Waals surface area (Å²) < 4.78 is 12.4. The van der Waals surface area contributed by atoms with E-state index in [1.807, 2.05) is 42.5 Å². The number of fused-ring (bicyclic) bond motifs is 4. The van der Waals surface area contributed by atoms with E-state index in [1.165, 1.54) is 0 Å². The van der Waals surface area contributed by atoms with Crippen molar-refractivity contribution in [3.63, 3.8) is 0 Å². The van der Waals surface area contributed by atoms with Crippen molar-refractivity contribution < 1.29 is 8.83 Å². The predicted molar refractivity (Wildman–Crippen MR) is 158 cm³/mol. The van der Waals surface area contributed by atoms with Crippen LogP contribution in [0.15, 0.2) is 122 Å². The Morgan fingerprint density at radius 1 is 0.487 bits per heavy atom. The molecule has 0 aliphatic carbocycles. The van der Waals surface area contributed by atoms with Gasteiger partial charge in [-0.3, -0.25) is 9.59 Å². The summed E-state index contributed by atoms with van der Waals surface area (Å²) in [6, 6.07) is 32.2. The number of aryl methyl sites for hydroxylation is 2. The molecular formula is C34H23NO4. The number of rotatable bonds is 3. The third kappa shape index (κ3) is 3.55. The topological polar surface area (TPSA) is 63.7 Å². The molecule has 0 N–H and O–H groups in total. The average molecular weight is 510 g/mol. The molecule has 0 radical (unpaired) electrons. The Morgan fingerprint density at radius 2 is 1.00 bits per heavy atom. The number of nitrogens with zero attached hydrogens (tertiary/aromatic N) is 1. The Morgan fingerprint density at radius 3 is 1.67 bits per heavy atom. The second-order valence-electron chi connectivity index (χ2n) is 9.76. The second-order valence-corrected chi connectivity index (χ2v) is 9.76. The number of hydrogen-bond acceptors (Lipinski definition) is 5. The Kier molecular flexibility index (Phi) is 5.13. The van der Waals surface area contributed by atoms with E-state index in [4.69, 9.17) is 8.83 Å².